The van der Waals surface area contributed by atoms with Gasteiger partial charge >= 0.3 is 7.12 Å². The molecule has 13 heavy (non-hydrogen) atoms. The second-order valence-electron chi connectivity index (χ2n) is 3.69. The molecule has 2 nitrogen and oxygen atoms in total. The summed E-state index contributed by atoms with van der Waals surface area (Å²) in [6.07, 6.45) is 2.65. The van der Waals surface area contributed by atoms with Crippen LogP contribution in [-0.4, -0.2) is 17.2 Å². The first-order valence-electron chi connectivity index (χ1n) is 4.70. The number of hydrogen-bond acceptors (Lipinski definition) is 2. The van der Waals surface area contributed by atoms with E-state index in [4.69, 9.17) is 10.0 Å². The van der Waals surface area contributed by atoms with Gasteiger partial charge < -0.3 is 10.0 Å². The smallest absolute Gasteiger partial charge is 0.427 e. The molecule has 0 fully saturated rings. The van der Waals surface area contributed by atoms with E-state index in [1.165, 1.54) is 11.1 Å². The van der Waals surface area contributed by atoms with Crippen molar-refractivity contribution in [2.45, 2.75) is 25.1 Å². The van der Waals surface area contributed by atoms with Gasteiger partial charge in [-0.1, -0.05) is 24.3 Å². The zero-order valence-corrected chi connectivity index (χ0v) is 7.48. The fraction of sp³-hybridized carbons (Fsp3) is 0.400. The highest BCUT2D eigenvalue weighted by Crippen LogP contribution is 2.29. The number of fused-ring (bicyclic) bond motifs is 1. The van der Waals surface area contributed by atoms with E-state index in [0.29, 0.717) is 0 Å². The summed E-state index contributed by atoms with van der Waals surface area (Å²) in [6, 6.07) is 8.23. The predicted molar refractivity (Wildman–Crippen MR) is 52.4 cm³/mol. The van der Waals surface area contributed by atoms with E-state index in [2.05, 4.69) is 12.1 Å². The summed E-state index contributed by atoms with van der Waals surface area (Å²) in [5.41, 5.74) is 2.63. The molecular formula is C10H13BO2. The van der Waals surface area contributed by atoms with Crippen LogP contribution in [0.2, 0.25) is 5.82 Å². The van der Waals surface area contributed by atoms with Crippen LogP contribution in [-0.2, 0) is 12.8 Å². The quantitative estimate of drug-likeness (QED) is 0.627. The van der Waals surface area contributed by atoms with Gasteiger partial charge in [0.25, 0.3) is 0 Å². The Morgan fingerprint density at radius 2 is 1.85 bits per heavy atom. The Morgan fingerprint density at radius 1 is 1.15 bits per heavy atom. The Balaban J connectivity index is 2.20. The van der Waals surface area contributed by atoms with E-state index in [1.807, 2.05) is 12.1 Å². The zero-order chi connectivity index (χ0) is 9.26. The second kappa shape index (κ2) is 3.52. The molecule has 0 spiro atoms. The lowest BCUT2D eigenvalue weighted by Gasteiger charge is -2.23. The molecule has 0 unspecified atom stereocenters. The summed E-state index contributed by atoms with van der Waals surface area (Å²) >= 11 is 0. The minimum atomic E-state index is -1.16. The summed E-state index contributed by atoms with van der Waals surface area (Å²) in [4.78, 5) is 0. The van der Waals surface area contributed by atoms with E-state index in [0.717, 1.165) is 19.3 Å². The van der Waals surface area contributed by atoms with Crippen molar-refractivity contribution in [1.29, 1.82) is 0 Å². The maximum Gasteiger partial charge on any atom is 0.455 e. The molecule has 1 aromatic carbocycles. The lowest BCUT2D eigenvalue weighted by atomic mass is 9.64. The predicted octanol–water partition coefficient (Wildman–Crippen LogP) is 1.02. The van der Waals surface area contributed by atoms with Crippen molar-refractivity contribution in [3.63, 3.8) is 0 Å². The van der Waals surface area contributed by atoms with Gasteiger partial charge in [0.15, 0.2) is 0 Å². The van der Waals surface area contributed by atoms with Crippen LogP contribution in [0.15, 0.2) is 24.3 Å². The fourth-order valence-electron chi connectivity index (χ4n) is 1.98. The average Bonchev–Trinajstić information content (AvgIpc) is 2.17. The summed E-state index contributed by atoms with van der Waals surface area (Å²) in [7, 11) is -1.16. The van der Waals surface area contributed by atoms with E-state index >= 15 is 0 Å². The number of aryl methyl sites for hydroxylation is 1. The number of benzene rings is 1. The fourth-order valence-corrected chi connectivity index (χ4v) is 1.98. The summed E-state index contributed by atoms with van der Waals surface area (Å²) < 4.78 is 0. The Bertz CT molecular complexity index is 299. The molecule has 3 heteroatoms. The maximum absolute atomic E-state index is 9.06. The Morgan fingerprint density at radius 3 is 2.54 bits per heavy atom. The average molecular weight is 176 g/mol. The van der Waals surface area contributed by atoms with Gasteiger partial charge in [0.2, 0.25) is 0 Å². The van der Waals surface area contributed by atoms with Gasteiger partial charge in [-0.15, -0.1) is 0 Å². The molecule has 2 rings (SSSR count). The molecule has 0 heterocycles. The standard InChI is InChI=1S/C10H13BO2/c12-11(13)10-6-5-8-3-1-2-4-9(8)7-10/h1-4,10,12-13H,5-7H2/t10-/m1/s1. The molecule has 68 valence electrons. The zero-order valence-electron chi connectivity index (χ0n) is 7.48. The van der Waals surface area contributed by atoms with Crippen molar-refractivity contribution in [2.24, 2.45) is 0 Å². The van der Waals surface area contributed by atoms with Crippen molar-refractivity contribution in [2.75, 3.05) is 0 Å². The molecule has 0 bridgehead atoms. The van der Waals surface area contributed by atoms with Gasteiger partial charge in [0, 0.05) is 0 Å². The van der Waals surface area contributed by atoms with Gasteiger partial charge in [-0.05, 0) is 36.2 Å². The normalized spacial score (nSPS) is 20.9. The first kappa shape index (κ1) is 8.79. The summed E-state index contributed by atoms with van der Waals surface area (Å²) in [5, 5.41) is 18.1. The number of rotatable bonds is 1. The maximum atomic E-state index is 9.06. The van der Waals surface area contributed by atoms with Crippen molar-refractivity contribution in [3.8, 4) is 0 Å². The van der Waals surface area contributed by atoms with E-state index in [9.17, 15) is 0 Å². The van der Waals surface area contributed by atoms with Gasteiger partial charge in [0.1, 0.15) is 0 Å². The molecule has 1 aliphatic rings. The minimum Gasteiger partial charge on any atom is -0.427 e. The van der Waals surface area contributed by atoms with Crippen LogP contribution in [0.1, 0.15) is 17.5 Å². The molecule has 0 aromatic heterocycles. The minimum absolute atomic E-state index is 0.0231. The van der Waals surface area contributed by atoms with Gasteiger partial charge in [-0.25, -0.2) is 0 Å². The van der Waals surface area contributed by atoms with E-state index in [1.54, 1.807) is 0 Å². The Kier molecular flexibility index (Phi) is 2.38. The SMILES string of the molecule is OB(O)[C@@H]1CCc2ccccc2C1. The highest BCUT2D eigenvalue weighted by molar-refractivity contribution is 6.43. The number of hydrogen-bond donors (Lipinski definition) is 2. The largest absolute Gasteiger partial charge is 0.455 e. The van der Waals surface area contributed by atoms with Crippen LogP contribution in [0.3, 0.4) is 0 Å². The Hall–Kier alpha value is -0.795. The van der Waals surface area contributed by atoms with Crippen LogP contribution in [0.5, 0.6) is 0 Å². The summed E-state index contributed by atoms with van der Waals surface area (Å²) in [6.45, 7) is 0. The first-order chi connectivity index (χ1) is 6.27. The van der Waals surface area contributed by atoms with Gasteiger partial charge in [-0.3, -0.25) is 0 Å². The van der Waals surface area contributed by atoms with Gasteiger partial charge in [-0.2, -0.15) is 0 Å². The molecule has 2 N–H and O–H groups in total. The van der Waals surface area contributed by atoms with Gasteiger partial charge in [0.05, 0.1) is 0 Å². The highest BCUT2D eigenvalue weighted by Gasteiger charge is 2.27. The molecule has 0 saturated carbocycles. The molecule has 0 radical (unpaired) electrons. The highest BCUT2D eigenvalue weighted by atomic mass is 16.4. The van der Waals surface area contributed by atoms with Crippen molar-refractivity contribution >= 4 is 7.12 Å². The summed E-state index contributed by atoms with van der Waals surface area (Å²) in [5.74, 6) is 0.0231. The Labute approximate surface area is 78.4 Å². The molecule has 0 saturated heterocycles. The third-order valence-electron chi connectivity index (χ3n) is 2.81. The monoisotopic (exact) mass is 176 g/mol. The van der Waals surface area contributed by atoms with Crippen molar-refractivity contribution < 1.29 is 10.0 Å². The molecular weight excluding hydrogens is 163 g/mol. The van der Waals surface area contributed by atoms with Crippen LogP contribution in [0.25, 0.3) is 0 Å². The molecule has 1 aromatic rings. The molecule has 0 amide bonds. The third kappa shape index (κ3) is 1.76. The van der Waals surface area contributed by atoms with E-state index < -0.39 is 7.12 Å². The second-order valence-corrected chi connectivity index (χ2v) is 3.69. The van der Waals surface area contributed by atoms with Crippen molar-refractivity contribution in [3.05, 3.63) is 35.4 Å². The first-order valence-corrected chi connectivity index (χ1v) is 4.70. The lowest BCUT2D eigenvalue weighted by Crippen LogP contribution is -2.25. The topological polar surface area (TPSA) is 40.5 Å². The third-order valence-corrected chi connectivity index (χ3v) is 2.81. The van der Waals surface area contributed by atoms with Crippen LogP contribution >= 0.6 is 0 Å². The van der Waals surface area contributed by atoms with Crippen LogP contribution in [0.4, 0.5) is 0 Å². The lowest BCUT2D eigenvalue weighted by molar-refractivity contribution is 0.374. The molecule has 1 atom stereocenters. The van der Waals surface area contributed by atoms with E-state index in [-0.39, 0.29) is 5.82 Å². The van der Waals surface area contributed by atoms with Crippen LogP contribution < -0.4 is 0 Å². The van der Waals surface area contributed by atoms with Crippen LogP contribution in [0, 0.1) is 0 Å². The molecule has 0 aliphatic heterocycles. The molecule has 1 aliphatic carbocycles. The van der Waals surface area contributed by atoms with Crippen molar-refractivity contribution in [1.82, 2.24) is 0 Å².